The van der Waals surface area contributed by atoms with Crippen LogP contribution in [0, 0.1) is 26.7 Å². The number of likely N-dealkylation sites (tertiary alicyclic amines) is 1. The van der Waals surface area contributed by atoms with Crippen molar-refractivity contribution in [3.8, 4) is 11.3 Å². The highest BCUT2D eigenvalue weighted by Crippen LogP contribution is 2.53. The highest BCUT2D eigenvalue weighted by molar-refractivity contribution is 7.19. The number of thiophene rings is 1. The van der Waals surface area contributed by atoms with E-state index >= 15 is 0 Å². The fourth-order valence-corrected chi connectivity index (χ4v) is 8.04. The van der Waals surface area contributed by atoms with E-state index in [2.05, 4.69) is 60.8 Å². The second kappa shape index (κ2) is 7.65. The molecule has 0 radical (unpaired) electrons. The Morgan fingerprint density at radius 1 is 1.24 bits per heavy atom. The van der Waals surface area contributed by atoms with Gasteiger partial charge in [-0.1, -0.05) is 13.8 Å². The summed E-state index contributed by atoms with van der Waals surface area (Å²) in [6.45, 7) is 12.6. The summed E-state index contributed by atoms with van der Waals surface area (Å²) >= 11 is 1.94. The van der Waals surface area contributed by atoms with E-state index in [0.717, 1.165) is 18.6 Å². The number of hydrogen-bond acceptors (Lipinski definition) is 5. The van der Waals surface area contributed by atoms with Crippen LogP contribution in [0.1, 0.15) is 65.7 Å². The Morgan fingerprint density at radius 3 is 2.71 bits per heavy atom. The van der Waals surface area contributed by atoms with Crippen molar-refractivity contribution in [3.05, 3.63) is 39.7 Å². The predicted octanol–water partition coefficient (Wildman–Crippen LogP) is 4.65. The summed E-state index contributed by atoms with van der Waals surface area (Å²) in [6.07, 6.45) is 6.05. The molecule has 1 saturated heterocycles. The Morgan fingerprint density at radius 2 is 2.03 bits per heavy atom. The van der Waals surface area contributed by atoms with Crippen LogP contribution >= 0.6 is 11.3 Å². The number of piperidine rings is 1. The van der Waals surface area contributed by atoms with Crippen LogP contribution in [0.25, 0.3) is 27.1 Å². The summed E-state index contributed by atoms with van der Waals surface area (Å²) in [5.74, 6) is 1.38. The standard InChI is InChI=1S/C26H32N6OS/c1-12(2)21-22-15(5)24(18-7-17-6-16(18)8-31(17)10-20(27)33)34-26(22)30-23(21)19-9-32-25(28-11-29-32)14(4)13(19)3/h9,11-12,16-18,30H,6-8,10H2,1-5H3,(H2,27,33)/t16-,17?,18-/m0/s1. The number of nitrogens with zero attached hydrogens (tertiary/aromatic N) is 4. The number of fused-ring (bicyclic) bond motifs is 4. The molecular weight excluding hydrogens is 444 g/mol. The Labute approximate surface area is 203 Å². The van der Waals surface area contributed by atoms with E-state index in [0.29, 0.717) is 30.3 Å². The average Bonchev–Trinajstić information content (AvgIpc) is 3.57. The van der Waals surface area contributed by atoms with Gasteiger partial charge in [-0.25, -0.2) is 9.50 Å². The summed E-state index contributed by atoms with van der Waals surface area (Å²) in [7, 11) is 0. The number of pyridine rings is 1. The molecule has 2 fully saturated rings. The maximum atomic E-state index is 11.4. The molecular formula is C26H32N6OS. The largest absolute Gasteiger partial charge is 0.369 e. The minimum atomic E-state index is -0.214. The average molecular weight is 477 g/mol. The Kier molecular flexibility index (Phi) is 4.90. The van der Waals surface area contributed by atoms with Crippen molar-refractivity contribution in [2.75, 3.05) is 13.1 Å². The van der Waals surface area contributed by atoms with Crippen molar-refractivity contribution in [1.29, 1.82) is 0 Å². The number of aromatic nitrogens is 4. The molecule has 3 N–H and O–H groups in total. The zero-order valence-corrected chi connectivity index (χ0v) is 21.3. The lowest BCUT2D eigenvalue weighted by Gasteiger charge is -2.30. The molecule has 4 aromatic heterocycles. The lowest BCUT2D eigenvalue weighted by molar-refractivity contribution is -0.119. The van der Waals surface area contributed by atoms with Gasteiger partial charge >= 0.3 is 0 Å². The number of nitrogens with one attached hydrogen (secondary N) is 1. The van der Waals surface area contributed by atoms with Crippen molar-refractivity contribution < 1.29 is 4.79 Å². The van der Waals surface area contributed by atoms with Gasteiger partial charge in [-0.3, -0.25) is 9.69 Å². The van der Waals surface area contributed by atoms with Gasteiger partial charge in [-0.2, -0.15) is 5.10 Å². The smallest absolute Gasteiger partial charge is 0.231 e. The van der Waals surface area contributed by atoms with Crippen molar-refractivity contribution >= 4 is 33.1 Å². The SMILES string of the molecule is Cc1c(-c2[nH]c3sc([C@H]4CC5C[C@H]4CN5CC(N)=O)c(C)c3c2C(C)C)cn2ncnc2c1C. The molecule has 1 unspecified atom stereocenters. The van der Waals surface area contributed by atoms with Gasteiger partial charge in [0.1, 0.15) is 11.2 Å². The third-order valence-electron chi connectivity index (χ3n) is 8.28. The van der Waals surface area contributed by atoms with Crippen LogP contribution in [0.3, 0.4) is 0 Å². The number of hydrogen-bond donors (Lipinski definition) is 2. The zero-order valence-electron chi connectivity index (χ0n) is 20.5. The van der Waals surface area contributed by atoms with Crippen molar-refractivity contribution in [3.63, 3.8) is 0 Å². The van der Waals surface area contributed by atoms with Crippen LogP contribution in [0.4, 0.5) is 0 Å². The normalized spacial score (nSPS) is 22.7. The summed E-state index contributed by atoms with van der Waals surface area (Å²) in [6, 6.07) is 0.488. The number of rotatable bonds is 5. The third kappa shape index (κ3) is 3.08. The highest BCUT2D eigenvalue weighted by Gasteiger charge is 2.46. The molecule has 8 heteroatoms. The van der Waals surface area contributed by atoms with Gasteiger partial charge in [0, 0.05) is 34.6 Å². The zero-order chi connectivity index (χ0) is 23.9. The van der Waals surface area contributed by atoms with Crippen LogP contribution in [0.5, 0.6) is 0 Å². The summed E-state index contributed by atoms with van der Waals surface area (Å²) in [5.41, 5.74) is 14.0. The lowest BCUT2D eigenvalue weighted by atomic mass is 9.88. The Balaban J connectivity index is 1.43. The molecule has 34 heavy (non-hydrogen) atoms. The highest BCUT2D eigenvalue weighted by atomic mass is 32.1. The molecule has 6 rings (SSSR count). The fraction of sp³-hybridized carbons (Fsp3) is 0.500. The van der Waals surface area contributed by atoms with E-state index in [-0.39, 0.29) is 5.91 Å². The van der Waals surface area contributed by atoms with Crippen molar-refractivity contribution in [2.45, 2.75) is 65.3 Å². The topological polar surface area (TPSA) is 92.3 Å². The van der Waals surface area contributed by atoms with Crippen LogP contribution in [0.2, 0.25) is 0 Å². The van der Waals surface area contributed by atoms with Gasteiger partial charge in [0.15, 0.2) is 5.65 Å². The van der Waals surface area contributed by atoms with Crippen molar-refractivity contribution in [2.24, 2.45) is 11.7 Å². The number of aromatic amines is 1. The van der Waals surface area contributed by atoms with E-state index in [1.54, 1.807) is 6.33 Å². The summed E-state index contributed by atoms with van der Waals surface area (Å²) in [4.78, 5) is 24.8. The fourth-order valence-electron chi connectivity index (χ4n) is 6.61. The Bertz CT molecular complexity index is 1440. The van der Waals surface area contributed by atoms with Gasteiger partial charge in [0.05, 0.1) is 12.2 Å². The second-order valence-electron chi connectivity index (χ2n) is 10.6. The molecule has 178 valence electrons. The number of aryl methyl sites for hydroxylation is 2. The van der Waals surface area contributed by atoms with Crippen LogP contribution < -0.4 is 5.73 Å². The number of nitrogens with two attached hydrogens (primary N) is 1. The maximum absolute atomic E-state index is 11.4. The van der Waals surface area contributed by atoms with Gasteiger partial charge in [-0.05, 0) is 73.6 Å². The lowest BCUT2D eigenvalue weighted by Crippen LogP contribution is -2.40. The van der Waals surface area contributed by atoms with E-state index in [4.69, 9.17) is 5.73 Å². The van der Waals surface area contributed by atoms with Crippen LogP contribution in [-0.2, 0) is 4.79 Å². The van der Waals surface area contributed by atoms with E-state index < -0.39 is 0 Å². The van der Waals surface area contributed by atoms with E-state index in [1.165, 1.54) is 55.0 Å². The van der Waals surface area contributed by atoms with E-state index in [1.807, 2.05) is 15.9 Å². The first-order chi connectivity index (χ1) is 16.2. The first-order valence-corrected chi connectivity index (χ1v) is 13.0. The second-order valence-corrected chi connectivity index (χ2v) is 11.6. The number of carbonyl (C=O) groups is 1. The summed E-state index contributed by atoms with van der Waals surface area (Å²) < 4.78 is 1.89. The minimum Gasteiger partial charge on any atom is -0.369 e. The van der Waals surface area contributed by atoms with Crippen LogP contribution in [0.15, 0.2) is 12.5 Å². The number of amides is 1. The number of H-pyrrole nitrogens is 1. The molecule has 1 aliphatic heterocycles. The van der Waals surface area contributed by atoms with Gasteiger partial charge in [0.25, 0.3) is 0 Å². The van der Waals surface area contributed by atoms with Crippen molar-refractivity contribution in [1.82, 2.24) is 24.5 Å². The molecule has 0 spiro atoms. The monoisotopic (exact) mass is 476 g/mol. The van der Waals surface area contributed by atoms with Gasteiger partial charge in [-0.15, -0.1) is 11.3 Å². The quantitative estimate of drug-likeness (QED) is 0.438. The molecule has 2 aliphatic rings. The first-order valence-electron chi connectivity index (χ1n) is 12.2. The van der Waals surface area contributed by atoms with Gasteiger partial charge in [0.2, 0.25) is 5.91 Å². The minimum absolute atomic E-state index is 0.214. The molecule has 0 aromatic carbocycles. The van der Waals surface area contributed by atoms with Gasteiger partial charge < -0.3 is 10.7 Å². The molecule has 7 nitrogen and oxygen atoms in total. The molecule has 1 amide bonds. The third-order valence-corrected chi connectivity index (χ3v) is 9.62. The molecule has 1 aliphatic carbocycles. The van der Waals surface area contributed by atoms with E-state index in [9.17, 15) is 4.79 Å². The molecule has 5 heterocycles. The molecule has 1 saturated carbocycles. The Hall–Kier alpha value is -2.71. The summed E-state index contributed by atoms with van der Waals surface area (Å²) in [5, 5.41) is 5.81. The number of primary amides is 1. The first kappa shape index (κ1) is 21.8. The number of carbonyl (C=O) groups excluding carboxylic acids is 1. The molecule has 4 aromatic rings. The van der Waals surface area contributed by atoms with Crippen LogP contribution in [-0.4, -0.2) is 49.5 Å². The molecule has 2 bridgehead atoms. The maximum Gasteiger partial charge on any atom is 0.231 e. The predicted molar refractivity (Wildman–Crippen MR) is 136 cm³/mol. The molecule has 3 atom stereocenters.